The topological polar surface area (TPSA) is 56.8 Å². The van der Waals surface area contributed by atoms with Gasteiger partial charge < -0.3 is 19.9 Å². The summed E-state index contributed by atoms with van der Waals surface area (Å²) in [5.41, 5.74) is 2.07. The quantitative estimate of drug-likeness (QED) is 0.686. The molecular formula is C20H22Cl2N4O2S. The normalized spacial score (nSPS) is 14.4. The molecule has 0 atom stereocenters. The van der Waals surface area contributed by atoms with E-state index in [0.29, 0.717) is 27.0 Å². The Bertz CT molecular complexity index is 917. The summed E-state index contributed by atoms with van der Waals surface area (Å²) in [5.74, 6) is 0.131. The van der Waals surface area contributed by atoms with Crippen LogP contribution < -0.4 is 20.3 Å². The number of carbonyl (C=O) groups excluding carboxylic acids is 1. The van der Waals surface area contributed by atoms with Crippen LogP contribution in [0.5, 0.6) is 5.75 Å². The van der Waals surface area contributed by atoms with E-state index < -0.39 is 0 Å². The van der Waals surface area contributed by atoms with Crippen molar-refractivity contribution in [1.82, 2.24) is 10.2 Å². The molecule has 6 nitrogen and oxygen atoms in total. The van der Waals surface area contributed by atoms with Crippen molar-refractivity contribution in [2.75, 3.05) is 50.6 Å². The molecular weight excluding hydrogens is 431 g/mol. The molecule has 2 aromatic rings. The summed E-state index contributed by atoms with van der Waals surface area (Å²) in [6.45, 7) is 3.87. The third kappa shape index (κ3) is 5.51. The standard InChI is InChI=1S/C20H22Cl2N4O2S/c1-25-7-9-26(10-8-25)17-5-4-14(12-15(17)21)23-20(29)24-19(27)13-3-6-18(28-2)16(22)11-13/h3-6,11-12H,7-10H2,1-2H3,(H2,23,24,27,29). The molecule has 9 heteroatoms. The number of likely N-dealkylation sites (N-methyl/N-ethyl adjacent to an activating group) is 1. The van der Waals surface area contributed by atoms with Crippen LogP contribution >= 0.6 is 35.4 Å². The summed E-state index contributed by atoms with van der Waals surface area (Å²) >= 11 is 17.8. The fraction of sp³-hybridized carbons (Fsp3) is 0.300. The molecule has 1 fully saturated rings. The van der Waals surface area contributed by atoms with Crippen LogP contribution in [0.15, 0.2) is 36.4 Å². The molecule has 0 radical (unpaired) electrons. The van der Waals surface area contributed by atoms with Crippen molar-refractivity contribution >= 4 is 57.8 Å². The summed E-state index contributed by atoms with van der Waals surface area (Å²) < 4.78 is 5.09. The highest BCUT2D eigenvalue weighted by Gasteiger charge is 2.17. The van der Waals surface area contributed by atoms with Crippen LogP contribution in [0.3, 0.4) is 0 Å². The van der Waals surface area contributed by atoms with E-state index in [1.54, 1.807) is 18.2 Å². The number of piperazine rings is 1. The van der Waals surface area contributed by atoms with E-state index in [2.05, 4.69) is 27.5 Å². The summed E-state index contributed by atoms with van der Waals surface area (Å²) in [4.78, 5) is 16.9. The smallest absolute Gasteiger partial charge is 0.257 e. The lowest BCUT2D eigenvalue weighted by atomic mass is 10.2. The van der Waals surface area contributed by atoms with E-state index in [4.69, 9.17) is 40.2 Å². The maximum absolute atomic E-state index is 12.4. The van der Waals surface area contributed by atoms with Crippen molar-refractivity contribution in [1.29, 1.82) is 0 Å². The minimum atomic E-state index is -0.368. The SMILES string of the molecule is COc1ccc(C(=O)NC(=S)Nc2ccc(N3CCN(C)CC3)c(Cl)c2)cc1Cl. The van der Waals surface area contributed by atoms with Gasteiger partial charge in [-0.1, -0.05) is 23.2 Å². The van der Waals surface area contributed by atoms with Gasteiger partial charge in [0.2, 0.25) is 0 Å². The lowest BCUT2D eigenvalue weighted by molar-refractivity contribution is 0.0977. The van der Waals surface area contributed by atoms with Crippen LogP contribution in [0.25, 0.3) is 0 Å². The molecule has 0 aliphatic carbocycles. The minimum absolute atomic E-state index is 0.172. The number of carbonyl (C=O) groups is 1. The van der Waals surface area contributed by atoms with Gasteiger partial charge in [0.15, 0.2) is 5.11 Å². The second-order valence-corrected chi connectivity index (χ2v) is 7.94. The highest BCUT2D eigenvalue weighted by atomic mass is 35.5. The van der Waals surface area contributed by atoms with Crippen molar-refractivity contribution in [3.8, 4) is 5.75 Å². The molecule has 1 aliphatic heterocycles. The summed E-state index contributed by atoms with van der Waals surface area (Å²) in [6.07, 6.45) is 0. The molecule has 3 rings (SSSR count). The second-order valence-electron chi connectivity index (χ2n) is 6.71. The van der Waals surface area contributed by atoms with Gasteiger partial charge in [0.05, 0.1) is 22.8 Å². The molecule has 0 spiro atoms. The number of hydrogen-bond acceptors (Lipinski definition) is 5. The number of rotatable bonds is 4. The lowest BCUT2D eigenvalue weighted by Crippen LogP contribution is -2.44. The highest BCUT2D eigenvalue weighted by Crippen LogP contribution is 2.29. The molecule has 2 aromatic carbocycles. The first-order valence-corrected chi connectivity index (χ1v) is 10.2. The Morgan fingerprint density at radius 2 is 1.79 bits per heavy atom. The maximum Gasteiger partial charge on any atom is 0.257 e. The Morgan fingerprint density at radius 3 is 2.41 bits per heavy atom. The summed E-state index contributed by atoms with van der Waals surface area (Å²) in [5, 5.41) is 6.78. The van der Waals surface area contributed by atoms with Crippen LogP contribution in [-0.2, 0) is 0 Å². The number of ether oxygens (including phenoxy) is 1. The van der Waals surface area contributed by atoms with Gasteiger partial charge in [0.1, 0.15) is 5.75 Å². The van der Waals surface area contributed by atoms with E-state index in [0.717, 1.165) is 31.9 Å². The van der Waals surface area contributed by atoms with Gasteiger partial charge in [-0.2, -0.15) is 0 Å². The van der Waals surface area contributed by atoms with E-state index in [9.17, 15) is 4.79 Å². The molecule has 154 valence electrons. The fourth-order valence-electron chi connectivity index (χ4n) is 3.03. The van der Waals surface area contributed by atoms with Crippen LogP contribution in [-0.4, -0.2) is 56.3 Å². The van der Waals surface area contributed by atoms with Crippen molar-refractivity contribution in [2.45, 2.75) is 0 Å². The van der Waals surface area contributed by atoms with Gasteiger partial charge in [0, 0.05) is 37.4 Å². The number of hydrogen-bond donors (Lipinski definition) is 2. The van der Waals surface area contributed by atoms with Crippen molar-refractivity contribution in [3.05, 3.63) is 52.0 Å². The van der Waals surface area contributed by atoms with Gasteiger partial charge in [-0.3, -0.25) is 10.1 Å². The predicted octanol–water partition coefficient (Wildman–Crippen LogP) is 3.88. The van der Waals surface area contributed by atoms with Crippen LogP contribution in [0, 0.1) is 0 Å². The predicted molar refractivity (Wildman–Crippen MR) is 123 cm³/mol. The van der Waals surface area contributed by atoms with E-state index in [-0.39, 0.29) is 11.0 Å². The highest BCUT2D eigenvalue weighted by molar-refractivity contribution is 7.80. The molecule has 2 N–H and O–H groups in total. The van der Waals surface area contributed by atoms with E-state index >= 15 is 0 Å². The zero-order chi connectivity index (χ0) is 21.0. The van der Waals surface area contributed by atoms with Gasteiger partial charge in [0.25, 0.3) is 5.91 Å². The zero-order valence-electron chi connectivity index (χ0n) is 16.2. The maximum atomic E-state index is 12.4. The first-order chi connectivity index (χ1) is 13.9. The molecule has 1 amide bonds. The van der Waals surface area contributed by atoms with Crippen LogP contribution in [0.4, 0.5) is 11.4 Å². The first kappa shape index (κ1) is 21.6. The summed E-state index contributed by atoms with van der Waals surface area (Å²) in [6, 6.07) is 10.4. The van der Waals surface area contributed by atoms with E-state index in [1.165, 1.54) is 13.2 Å². The lowest BCUT2D eigenvalue weighted by Gasteiger charge is -2.34. The molecule has 1 aliphatic rings. The number of amides is 1. The number of nitrogens with one attached hydrogen (secondary N) is 2. The molecule has 29 heavy (non-hydrogen) atoms. The Hall–Kier alpha value is -2.06. The number of methoxy groups -OCH3 is 1. The Labute approximate surface area is 185 Å². The molecule has 0 aromatic heterocycles. The largest absolute Gasteiger partial charge is 0.495 e. The second kappa shape index (κ2) is 9.63. The number of benzene rings is 2. The van der Waals surface area contributed by atoms with Crippen LogP contribution in [0.1, 0.15) is 10.4 Å². The molecule has 0 bridgehead atoms. The molecule has 1 saturated heterocycles. The molecule has 1 heterocycles. The van der Waals surface area contributed by atoms with Crippen molar-refractivity contribution in [2.24, 2.45) is 0 Å². The third-order valence-corrected chi connectivity index (χ3v) is 5.49. The number of nitrogens with zero attached hydrogens (tertiary/aromatic N) is 2. The average Bonchev–Trinajstić information content (AvgIpc) is 2.69. The monoisotopic (exact) mass is 452 g/mol. The number of anilines is 2. The first-order valence-electron chi connectivity index (χ1n) is 9.06. The van der Waals surface area contributed by atoms with Crippen molar-refractivity contribution in [3.63, 3.8) is 0 Å². The Kier molecular flexibility index (Phi) is 7.18. The third-order valence-electron chi connectivity index (χ3n) is 4.69. The van der Waals surface area contributed by atoms with Crippen LogP contribution in [0.2, 0.25) is 10.0 Å². The molecule has 0 unspecified atom stereocenters. The Balaban J connectivity index is 1.61. The zero-order valence-corrected chi connectivity index (χ0v) is 18.5. The van der Waals surface area contributed by atoms with Gasteiger partial charge in [-0.15, -0.1) is 0 Å². The fourth-order valence-corrected chi connectivity index (χ4v) is 3.80. The van der Waals surface area contributed by atoms with Gasteiger partial charge in [-0.05, 0) is 55.7 Å². The van der Waals surface area contributed by atoms with Crippen molar-refractivity contribution < 1.29 is 9.53 Å². The molecule has 0 saturated carbocycles. The number of thiocarbonyl (C=S) groups is 1. The minimum Gasteiger partial charge on any atom is -0.495 e. The average molecular weight is 453 g/mol. The van der Waals surface area contributed by atoms with E-state index in [1.807, 2.05) is 12.1 Å². The van der Waals surface area contributed by atoms with Gasteiger partial charge >= 0.3 is 0 Å². The summed E-state index contributed by atoms with van der Waals surface area (Å²) in [7, 11) is 3.63. The Morgan fingerprint density at radius 1 is 1.07 bits per heavy atom. The van der Waals surface area contributed by atoms with Gasteiger partial charge in [-0.25, -0.2) is 0 Å². The number of halogens is 2.